The van der Waals surface area contributed by atoms with E-state index in [2.05, 4.69) is 15.3 Å². The predicted molar refractivity (Wildman–Crippen MR) is 99.7 cm³/mol. The monoisotopic (exact) mass is 367 g/mol. The fraction of sp³-hybridized carbons (Fsp3) is 0.600. The number of H-pyrrole nitrogens is 1. The molecule has 3 aliphatic rings. The molecule has 1 saturated heterocycles. The molecular formula is C20H25N5O2. The van der Waals surface area contributed by atoms with Gasteiger partial charge in [-0.05, 0) is 56.6 Å². The van der Waals surface area contributed by atoms with Crippen LogP contribution in [0.15, 0.2) is 23.0 Å². The number of amides is 1. The van der Waals surface area contributed by atoms with Crippen molar-refractivity contribution in [3.8, 4) is 0 Å². The van der Waals surface area contributed by atoms with Crippen LogP contribution in [0.3, 0.4) is 0 Å². The van der Waals surface area contributed by atoms with E-state index >= 15 is 0 Å². The Morgan fingerprint density at radius 1 is 1.07 bits per heavy atom. The van der Waals surface area contributed by atoms with Crippen LogP contribution in [0, 0.1) is 5.92 Å². The number of carbonyl (C=O) groups is 1. The first kappa shape index (κ1) is 16.7. The molecule has 1 amide bonds. The maximum atomic E-state index is 12.7. The minimum absolute atomic E-state index is 0.0163. The second kappa shape index (κ2) is 6.62. The number of nitrogens with one attached hydrogen (secondary N) is 1. The number of hydrogen-bond donors (Lipinski definition) is 1. The number of aromatic nitrogens is 4. The van der Waals surface area contributed by atoms with Crippen LogP contribution in [0.5, 0.6) is 0 Å². The molecule has 3 fully saturated rings. The lowest BCUT2D eigenvalue weighted by molar-refractivity contribution is 0.0674. The van der Waals surface area contributed by atoms with Gasteiger partial charge in [-0.3, -0.25) is 14.7 Å². The van der Waals surface area contributed by atoms with E-state index < -0.39 is 0 Å². The van der Waals surface area contributed by atoms with Crippen LogP contribution in [0.25, 0.3) is 0 Å². The van der Waals surface area contributed by atoms with E-state index in [0.717, 1.165) is 24.2 Å². The van der Waals surface area contributed by atoms with E-state index in [0.29, 0.717) is 43.1 Å². The second-order valence-corrected chi connectivity index (χ2v) is 8.27. The third-order valence-electron chi connectivity index (χ3n) is 6.05. The molecule has 5 rings (SSSR count). The van der Waals surface area contributed by atoms with Gasteiger partial charge in [-0.1, -0.05) is 0 Å². The molecule has 1 N–H and O–H groups in total. The van der Waals surface area contributed by atoms with Crippen molar-refractivity contribution in [1.29, 1.82) is 0 Å². The molecular weight excluding hydrogens is 342 g/mol. The highest BCUT2D eigenvalue weighted by Gasteiger charge is 2.30. The highest BCUT2D eigenvalue weighted by atomic mass is 16.2. The van der Waals surface area contributed by atoms with Crippen LogP contribution in [0.1, 0.15) is 72.2 Å². The zero-order valence-electron chi connectivity index (χ0n) is 15.4. The minimum Gasteiger partial charge on any atom is -0.337 e. The summed E-state index contributed by atoms with van der Waals surface area (Å²) >= 11 is 0. The summed E-state index contributed by atoms with van der Waals surface area (Å²) < 4.78 is 1.63. The fourth-order valence-corrected chi connectivity index (χ4v) is 3.97. The van der Waals surface area contributed by atoms with Crippen molar-refractivity contribution in [1.82, 2.24) is 24.9 Å². The highest BCUT2D eigenvalue weighted by molar-refractivity contribution is 5.92. The quantitative estimate of drug-likeness (QED) is 0.879. The summed E-state index contributed by atoms with van der Waals surface area (Å²) in [6.45, 7) is 2.08. The molecule has 2 saturated carbocycles. The van der Waals surface area contributed by atoms with Crippen molar-refractivity contribution >= 4 is 5.91 Å². The molecule has 2 aliphatic carbocycles. The van der Waals surface area contributed by atoms with Gasteiger partial charge in [-0.15, -0.1) is 0 Å². The number of likely N-dealkylation sites (tertiary alicyclic amines) is 1. The van der Waals surface area contributed by atoms with E-state index in [4.69, 9.17) is 0 Å². The van der Waals surface area contributed by atoms with Crippen LogP contribution in [0.4, 0.5) is 0 Å². The molecule has 2 aromatic heterocycles. The first-order chi connectivity index (χ1) is 13.2. The van der Waals surface area contributed by atoms with Crippen LogP contribution >= 0.6 is 0 Å². The smallest absolute Gasteiger partial charge is 0.274 e. The number of carbonyl (C=O) groups excluding carboxylic acids is 1. The molecule has 0 radical (unpaired) electrons. The Hall–Kier alpha value is -2.44. The van der Waals surface area contributed by atoms with E-state index in [1.54, 1.807) is 10.7 Å². The summed E-state index contributed by atoms with van der Waals surface area (Å²) in [5.74, 6) is 1.52. The topological polar surface area (TPSA) is 83.9 Å². The van der Waals surface area contributed by atoms with E-state index in [-0.39, 0.29) is 11.5 Å². The van der Waals surface area contributed by atoms with Crippen molar-refractivity contribution in [3.05, 3.63) is 45.6 Å². The van der Waals surface area contributed by atoms with Gasteiger partial charge in [0.2, 0.25) is 0 Å². The molecule has 3 heterocycles. The Morgan fingerprint density at radius 3 is 2.52 bits per heavy atom. The van der Waals surface area contributed by atoms with Gasteiger partial charge in [0.25, 0.3) is 11.5 Å². The zero-order valence-corrected chi connectivity index (χ0v) is 15.4. The first-order valence-corrected chi connectivity index (χ1v) is 10.1. The van der Waals surface area contributed by atoms with Gasteiger partial charge in [0, 0.05) is 43.2 Å². The molecule has 7 nitrogen and oxygen atoms in total. The third-order valence-corrected chi connectivity index (χ3v) is 6.05. The Kier molecular flexibility index (Phi) is 4.10. The summed E-state index contributed by atoms with van der Waals surface area (Å²) in [6, 6.07) is 5.44. The average Bonchev–Trinajstić information content (AvgIpc) is 3.62. The molecule has 0 bridgehead atoms. The van der Waals surface area contributed by atoms with Gasteiger partial charge in [0.05, 0.1) is 5.69 Å². The van der Waals surface area contributed by atoms with Crippen LogP contribution in [-0.4, -0.2) is 43.9 Å². The standard InChI is InChI=1S/C20H25N5O2/c26-19-6-5-16(14-1-2-14)23-25(19)12-13-7-9-24(10-8-13)20(27)18-11-17(21-22-18)15-3-4-15/h5-6,11,13-15H,1-4,7-10,12H2,(H,21,22). The van der Waals surface area contributed by atoms with Gasteiger partial charge >= 0.3 is 0 Å². The van der Waals surface area contributed by atoms with Crippen molar-refractivity contribution in [2.75, 3.05) is 13.1 Å². The lowest BCUT2D eigenvalue weighted by Gasteiger charge is -2.31. The molecule has 0 aromatic carbocycles. The Morgan fingerprint density at radius 2 is 1.81 bits per heavy atom. The largest absolute Gasteiger partial charge is 0.337 e. The Bertz CT molecular complexity index is 901. The van der Waals surface area contributed by atoms with Crippen molar-refractivity contribution < 1.29 is 4.79 Å². The summed E-state index contributed by atoms with van der Waals surface area (Å²) in [7, 11) is 0. The molecule has 1 aliphatic heterocycles. The van der Waals surface area contributed by atoms with Crippen molar-refractivity contribution in [3.63, 3.8) is 0 Å². The molecule has 0 atom stereocenters. The number of piperidine rings is 1. The predicted octanol–water partition coefficient (Wildman–Crippen LogP) is 2.27. The summed E-state index contributed by atoms with van der Waals surface area (Å²) in [6.07, 6.45) is 6.54. The lowest BCUT2D eigenvalue weighted by Crippen LogP contribution is -2.40. The molecule has 7 heteroatoms. The number of hydrogen-bond acceptors (Lipinski definition) is 4. The summed E-state index contributed by atoms with van der Waals surface area (Å²) in [5.41, 5.74) is 2.65. The Labute approximate surface area is 157 Å². The summed E-state index contributed by atoms with van der Waals surface area (Å²) in [4.78, 5) is 26.7. The maximum absolute atomic E-state index is 12.7. The fourth-order valence-electron chi connectivity index (χ4n) is 3.97. The van der Waals surface area contributed by atoms with Gasteiger partial charge in [0.1, 0.15) is 5.69 Å². The van der Waals surface area contributed by atoms with Crippen LogP contribution < -0.4 is 5.56 Å². The number of nitrogens with zero attached hydrogens (tertiary/aromatic N) is 4. The maximum Gasteiger partial charge on any atom is 0.274 e. The van der Waals surface area contributed by atoms with E-state index in [1.165, 1.54) is 25.7 Å². The zero-order chi connectivity index (χ0) is 18.4. The number of aromatic amines is 1. The van der Waals surface area contributed by atoms with Crippen molar-refractivity contribution in [2.45, 2.75) is 56.9 Å². The lowest BCUT2D eigenvalue weighted by atomic mass is 9.96. The summed E-state index contributed by atoms with van der Waals surface area (Å²) in [5, 5.41) is 11.8. The normalized spacial score (nSPS) is 20.8. The molecule has 142 valence electrons. The molecule has 27 heavy (non-hydrogen) atoms. The van der Waals surface area contributed by atoms with E-state index in [9.17, 15) is 9.59 Å². The minimum atomic E-state index is -0.0259. The SMILES string of the molecule is O=C(c1cc(C2CC2)[nH]n1)N1CCC(Cn2nc(C3CC3)ccc2=O)CC1. The van der Waals surface area contributed by atoms with Crippen LogP contribution in [0.2, 0.25) is 0 Å². The second-order valence-electron chi connectivity index (χ2n) is 8.27. The average molecular weight is 367 g/mol. The molecule has 0 unspecified atom stereocenters. The number of rotatable bonds is 5. The van der Waals surface area contributed by atoms with Crippen molar-refractivity contribution in [2.24, 2.45) is 5.92 Å². The first-order valence-electron chi connectivity index (χ1n) is 10.1. The highest BCUT2D eigenvalue weighted by Crippen LogP contribution is 2.39. The van der Waals surface area contributed by atoms with Crippen LogP contribution in [-0.2, 0) is 6.54 Å². The molecule has 0 spiro atoms. The Balaban J connectivity index is 1.19. The van der Waals surface area contributed by atoms with E-state index in [1.807, 2.05) is 17.0 Å². The third kappa shape index (κ3) is 3.55. The van der Waals surface area contributed by atoms with Gasteiger partial charge in [-0.25, -0.2) is 4.68 Å². The molecule has 2 aromatic rings. The van der Waals surface area contributed by atoms with Gasteiger partial charge < -0.3 is 4.90 Å². The van der Waals surface area contributed by atoms with Gasteiger partial charge in [0.15, 0.2) is 0 Å². The van der Waals surface area contributed by atoms with Gasteiger partial charge in [-0.2, -0.15) is 10.2 Å².